The number of fused-ring (bicyclic) bond motifs is 1. The maximum atomic E-state index is 3.74. The molecule has 2 unspecified atom stereocenters. The van der Waals surface area contributed by atoms with E-state index in [9.17, 15) is 0 Å². The quantitative estimate of drug-likeness (QED) is 0.749. The molecule has 0 saturated heterocycles. The van der Waals surface area contributed by atoms with E-state index in [0.29, 0.717) is 5.41 Å². The monoisotopic (exact) mass is 305 g/mol. The Morgan fingerprint density at radius 1 is 1.19 bits per heavy atom. The molecule has 21 heavy (non-hydrogen) atoms. The molecule has 2 atom stereocenters. The number of benzene rings is 1. The summed E-state index contributed by atoms with van der Waals surface area (Å²) in [5.74, 6) is 1.98. The van der Waals surface area contributed by atoms with Crippen LogP contribution in [0.1, 0.15) is 65.4 Å². The summed E-state index contributed by atoms with van der Waals surface area (Å²) >= 11 is 2.04. The summed E-state index contributed by atoms with van der Waals surface area (Å²) in [6, 6.07) is 8.98. The maximum absolute atomic E-state index is 3.74. The Morgan fingerprint density at radius 2 is 1.90 bits per heavy atom. The summed E-state index contributed by atoms with van der Waals surface area (Å²) in [5, 5.41) is 3.74. The third-order valence-electron chi connectivity index (χ3n) is 4.44. The van der Waals surface area contributed by atoms with Crippen LogP contribution in [-0.4, -0.2) is 17.8 Å². The molecule has 1 aromatic carbocycles. The van der Waals surface area contributed by atoms with Crippen molar-refractivity contribution in [3.63, 3.8) is 0 Å². The number of hydrogen-bond donors (Lipinski definition) is 1. The molecule has 2 heteroatoms. The predicted molar refractivity (Wildman–Crippen MR) is 95.3 cm³/mol. The van der Waals surface area contributed by atoms with Crippen molar-refractivity contribution in [2.75, 3.05) is 12.3 Å². The van der Waals surface area contributed by atoms with E-state index in [0.717, 1.165) is 12.5 Å². The molecule has 1 heterocycles. The van der Waals surface area contributed by atoms with Crippen molar-refractivity contribution in [3.8, 4) is 0 Å². The summed E-state index contributed by atoms with van der Waals surface area (Å²) < 4.78 is 0. The molecule has 0 bridgehead atoms. The van der Waals surface area contributed by atoms with Crippen molar-refractivity contribution in [1.82, 2.24) is 5.32 Å². The van der Waals surface area contributed by atoms with Gasteiger partial charge in [-0.2, -0.15) is 0 Å². The Bertz CT molecular complexity index is 463. The fraction of sp³-hybridized carbons (Fsp3) is 0.684. The molecular formula is C19H31NS. The molecule has 1 aromatic rings. The van der Waals surface area contributed by atoms with Gasteiger partial charge in [0.2, 0.25) is 0 Å². The van der Waals surface area contributed by atoms with E-state index in [1.165, 1.54) is 29.9 Å². The van der Waals surface area contributed by atoms with E-state index >= 15 is 0 Å². The molecule has 1 aliphatic rings. The molecular weight excluding hydrogens is 274 g/mol. The molecule has 118 valence electrons. The van der Waals surface area contributed by atoms with Gasteiger partial charge in [0.15, 0.2) is 0 Å². The number of thioether (sulfide) groups is 1. The largest absolute Gasteiger partial charge is 0.312 e. The normalized spacial score (nSPS) is 21.1. The van der Waals surface area contributed by atoms with Crippen LogP contribution in [0.5, 0.6) is 0 Å². The van der Waals surface area contributed by atoms with Crippen LogP contribution >= 0.6 is 11.8 Å². The third-order valence-corrected chi connectivity index (χ3v) is 5.69. The van der Waals surface area contributed by atoms with Gasteiger partial charge in [0.25, 0.3) is 0 Å². The Kier molecular flexibility index (Phi) is 5.43. The molecule has 1 nitrogen and oxygen atoms in total. The third kappa shape index (κ3) is 4.75. The standard InChI is InChI=1S/C19H31NS/c1-6-11-19(5,14-20-18(2,3)4)12-15-13-21-17-10-8-7-9-16(15)17/h7-10,15,20H,6,11-14H2,1-5H3. The molecule has 0 aromatic heterocycles. The first-order valence-electron chi connectivity index (χ1n) is 8.30. The zero-order chi connectivity index (χ0) is 15.5. The van der Waals surface area contributed by atoms with Crippen molar-refractivity contribution >= 4 is 11.8 Å². The molecule has 1 N–H and O–H groups in total. The summed E-state index contributed by atoms with van der Waals surface area (Å²) in [7, 11) is 0. The Morgan fingerprint density at radius 3 is 2.57 bits per heavy atom. The van der Waals surface area contributed by atoms with Crippen molar-refractivity contribution in [2.45, 2.75) is 70.2 Å². The van der Waals surface area contributed by atoms with Gasteiger partial charge in [0.1, 0.15) is 0 Å². The zero-order valence-electron chi connectivity index (χ0n) is 14.3. The minimum absolute atomic E-state index is 0.206. The zero-order valence-corrected chi connectivity index (χ0v) is 15.1. The van der Waals surface area contributed by atoms with E-state index in [1.807, 2.05) is 11.8 Å². The highest BCUT2D eigenvalue weighted by molar-refractivity contribution is 7.99. The Labute approximate surface area is 135 Å². The smallest absolute Gasteiger partial charge is 0.0107 e. The van der Waals surface area contributed by atoms with E-state index in [2.05, 4.69) is 64.2 Å². The highest BCUT2D eigenvalue weighted by Gasteiger charge is 2.32. The lowest BCUT2D eigenvalue weighted by Gasteiger charge is -2.35. The van der Waals surface area contributed by atoms with Gasteiger partial charge in [0.05, 0.1) is 0 Å². The minimum atomic E-state index is 0.206. The van der Waals surface area contributed by atoms with Crippen LogP contribution in [0, 0.1) is 5.41 Å². The molecule has 0 aliphatic carbocycles. The Hall–Kier alpha value is -0.470. The summed E-state index contributed by atoms with van der Waals surface area (Å²) in [6.07, 6.45) is 3.87. The molecule has 0 spiro atoms. The average molecular weight is 306 g/mol. The Balaban J connectivity index is 2.06. The lowest BCUT2D eigenvalue weighted by molar-refractivity contribution is 0.217. The molecule has 0 amide bonds. The van der Waals surface area contributed by atoms with Gasteiger partial charge in [-0.15, -0.1) is 11.8 Å². The van der Waals surface area contributed by atoms with Crippen molar-refractivity contribution < 1.29 is 0 Å². The van der Waals surface area contributed by atoms with E-state index in [4.69, 9.17) is 0 Å². The second-order valence-corrected chi connectivity index (χ2v) is 8.98. The first kappa shape index (κ1) is 16.9. The summed E-state index contributed by atoms with van der Waals surface area (Å²) in [5.41, 5.74) is 2.18. The lowest BCUT2D eigenvalue weighted by Crippen LogP contribution is -2.43. The van der Waals surface area contributed by atoms with Gasteiger partial charge in [-0.05, 0) is 56.6 Å². The molecule has 0 saturated carbocycles. The van der Waals surface area contributed by atoms with Gasteiger partial charge in [-0.25, -0.2) is 0 Å². The van der Waals surface area contributed by atoms with E-state index < -0.39 is 0 Å². The molecule has 2 rings (SSSR count). The average Bonchev–Trinajstić information content (AvgIpc) is 2.80. The van der Waals surface area contributed by atoms with Crippen molar-refractivity contribution in [1.29, 1.82) is 0 Å². The molecule has 0 fully saturated rings. The van der Waals surface area contributed by atoms with E-state index in [-0.39, 0.29) is 5.54 Å². The van der Waals surface area contributed by atoms with Gasteiger partial charge in [0, 0.05) is 22.7 Å². The van der Waals surface area contributed by atoms with Gasteiger partial charge in [-0.3, -0.25) is 0 Å². The highest BCUT2D eigenvalue weighted by atomic mass is 32.2. The minimum Gasteiger partial charge on any atom is -0.312 e. The first-order chi connectivity index (χ1) is 9.83. The second-order valence-electron chi connectivity index (χ2n) is 7.91. The number of hydrogen-bond acceptors (Lipinski definition) is 2. The first-order valence-corrected chi connectivity index (χ1v) is 9.28. The van der Waals surface area contributed by atoms with Crippen LogP contribution in [0.25, 0.3) is 0 Å². The second kappa shape index (κ2) is 6.75. The van der Waals surface area contributed by atoms with Gasteiger partial charge >= 0.3 is 0 Å². The van der Waals surface area contributed by atoms with Crippen LogP contribution in [0.3, 0.4) is 0 Å². The topological polar surface area (TPSA) is 12.0 Å². The fourth-order valence-corrected chi connectivity index (χ4v) is 4.59. The van der Waals surface area contributed by atoms with Crippen LogP contribution < -0.4 is 5.32 Å². The highest BCUT2D eigenvalue weighted by Crippen LogP contribution is 2.45. The van der Waals surface area contributed by atoms with Crippen LogP contribution in [-0.2, 0) is 0 Å². The fourth-order valence-electron chi connectivity index (χ4n) is 3.34. The summed E-state index contributed by atoms with van der Waals surface area (Å²) in [6.45, 7) is 12.7. The number of nitrogens with one attached hydrogen (secondary N) is 1. The maximum Gasteiger partial charge on any atom is 0.0107 e. The predicted octanol–water partition coefficient (Wildman–Crippen LogP) is 5.46. The lowest BCUT2D eigenvalue weighted by atomic mass is 9.75. The van der Waals surface area contributed by atoms with Crippen LogP contribution in [0.15, 0.2) is 29.2 Å². The molecule has 0 radical (unpaired) electrons. The SMILES string of the molecule is CCCC(C)(CNC(C)(C)C)CC1CSc2ccccc21. The summed E-state index contributed by atoms with van der Waals surface area (Å²) in [4.78, 5) is 1.50. The number of rotatable bonds is 6. The van der Waals surface area contributed by atoms with Crippen LogP contribution in [0.4, 0.5) is 0 Å². The van der Waals surface area contributed by atoms with Crippen molar-refractivity contribution in [3.05, 3.63) is 29.8 Å². The van der Waals surface area contributed by atoms with Gasteiger partial charge < -0.3 is 5.32 Å². The molecule has 1 aliphatic heterocycles. The van der Waals surface area contributed by atoms with Gasteiger partial charge in [-0.1, -0.05) is 38.5 Å². The van der Waals surface area contributed by atoms with Crippen molar-refractivity contribution in [2.24, 2.45) is 5.41 Å². The van der Waals surface area contributed by atoms with Crippen LogP contribution in [0.2, 0.25) is 0 Å². The van der Waals surface area contributed by atoms with E-state index in [1.54, 1.807) is 5.56 Å².